The molecule has 2 heteroatoms. The fourth-order valence-corrected chi connectivity index (χ4v) is 7.43. The first-order valence-electron chi connectivity index (χ1n) is 13.3. The Morgan fingerprint density at radius 1 is 0.559 bits per heavy atom. The summed E-state index contributed by atoms with van der Waals surface area (Å²) in [5.74, 6) is 1.13. The van der Waals surface area contributed by atoms with Gasteiger partial charge in [-0.05, 0) is 129 Å². The van der Waals surface area contributed by atoms with Crippen LogP contribution in [0.1, 0.15) is 104 Å². The van der Waals surface area contributed by atoms with Gasteiger partial charge in [0.2, 0.25) is 0 Å². The Balaban J connectivity index is 1.89. The molecule has 2 aliphatic heterocycles. The highest BCUT2D eigenvalue weighted by Crippen LogP contribution is 2.52. The topological polar surface area (TPSA) is 6.48 Å². The van der Waals surface area contributed by atoms with Gasteiger partial charge in [-0.1, -0.05) is 48.5 Å². The van der Waals surface area contributed by atoms with Gasteiger partial charge in [0.15, 0.2) is 0 Å². The van der Waals surface area contributed by atoms with Crippen molar-refractivity contribution < 1.29 is 0 Å². The standard InChI is InChI=1S/C32H48N2/c1-29(2)19-24(20-30(3,4)33(29)9)27-18-14-17-26(23-15-12-11-13-16-23)28(27)25-21-31(5,6)34(10)32(7,8)22-25/h11-18,24-25H,19-22H2,1-10H3. The molecule has 0 radical (unpaired) electrons. The first-order chi connectivity index (χ1) is 15.7. The van der Waals surface area contributed by atoms with Crippen LogP contribution in [0.5, 0.6) is 0 Å². The summed E-state index contributed by atoms with van der Waals surface area (Å²) in [7, 11) is 4.64. The predicted molar refractivity (Wildman–Crippen MR) is 148 cm³/mol. The van der Waals surface area contributed by atoms with Crippen molar-refractivity contribution in [3.05, 3.63) is 59.7 Å². The van der Waals surface area contributed by atoms with Gasteiger partial charge in [0.25, 0.3) is 0 Å². The zero-order valence-corrected chi connectivity index (χ0v) is 23.5. The Labute approximate surface area is 209 Å². The van der Waals surface area contributed by atoms with Crippen molar-refractivity contribution >= 4 is 0 Å². The van der Waals surface area contributed by atoms with Gasteiger partial charge in [-0.25, -0.2) is 0 Å². The van der Waals surface area contributed by atoms with Crippen LogP contribution in [0.3, 0.4) is 0 Å². The van der Waals surface area contributed by atoms with E-state index >= 15 is 0 Å². The van der Waals surface area contributed by atoms with Crippen LogP contribution in [0.25, 0.3) is 11.1 Å². The van der Waals surface area contributed by atoms with Crippen LogP contribution >= 0.6 is 0 Å². The summed E-state index contributed by atoms with van der Waals surface area (Å²) in [5, 5.41) is 0. The normalized spacial score (nSPS) is 25.4. The summed E-state index contributed by atoms with van der Waals surface area (Å²) in [6.07, 6.45) is 4.81. The molecule has 2 heterocycles. The molecule has 0 amide bonds. The number of piperidine rings is 2. The Kier molecular flexibility index (Phi) is 6.35. The second kappa shape index (κ2) is 8.49. The predicted octanol–water partition coefficient (Wildman–Crippen LogP) is 8.09. The number of benzene rings is 2. The third-order valence-corrected chi connectivity index (χ3v) is 9.69. The first kappa shape index (κ1) is 25.5. The van der Waals surface area contributed by atoms with E-state index < -0.39 is 0 Å². The minimum Gasteiger partial charge on any atom is -0.296 e. The summed E-state index contributed by atoms with van der Waals surface area (Å²) in [5.41, 5.74) is 6.74. The summed E-state index contributed by atoms with van der Waals surface area (Å²) >= 11 is 0. The molecule has 0 saturated carbocycles. The van der Waals surface area contributed by atoms with Crippen LogP contribution in [0.4, 0.5) is 0 Å². The van der Waals surface area contributed by atoms with Gasteiger partial charge in [-0.3, -0.25) is 9.80 Å². The zero-order chi connectivity index (χ0) is 25.1. The molecule has 2 aromatic rings. The zero-order valence-electron chi connectivity index (χ0n) is 23.5. The molecule has 186 valence electrons. The monoisotopic (exact) mass is 460 g/mol. The molecule has 0 aromatic heterocycles. The molecular weight excluding hydrogens is 412 g/mol. The van der Waals surface area contributed by atoms with Crippen molar-refractivity contribution in [2.45, 2.75) is 115 Å². The largest absolute Gasteiger partial charge is 0.296 e. The van der Waals surface area contributed by atoms with Crippen molar-refractivity contribution in [3.63, 3.8) is 0 Å². The number of nitrogens with zero attached hydrogens (tertiary/aromatic N) is 2. The molecule has 0 atom stereocenters. The Bertz CT molecular complexity index is 979. The van der Waals surface area contributed by atoms with E-state index in [1.165, 1.54) is 36.8 Å². The molecule has 4 rings (SSSR count). The molecule has 2 aliphatic rings. The van der Waals surface area contributed by atoms with Crippen LogP contribution in [0.2, 0.25) is 0 Å². The Morgan fingerprint density at radius 3 is 1.47 bits per heavy atom. The van der Waals surface area contributed by atoms with Gasteiger partial charge in [-0.15, -0.1) is 0 Å². The average molecular weight is 461 g/mol. The highest BCUT2D eigenvalue weighted by Gasteiger charge is 2.47. The lowest BCUT2D eigenvalue weighted by Gasteiger charge is -2.56. The molecule has 2 nitrogen and oxygen atoms in total. The minimum absolute atomic E-state index is 0.165. The van der Waals surface area contributed by atoms with Crippen molar-refractivity contribution in [1.82, 2.24) is 9.80 Å². The van der Waals surface area contributed by atoms with E-state index in [0.717, 1.165) is 0 Å². The van der Waals surface area contributed by atoms with E-state index in [-0.39, 0.29) is 22.2 Å². The van der Waals surface area contributed by atoms with E-state index in [9.17, 15) is 0 Å². The molecular formula is C32H48N2. The third-order valence-electron chi connectivity index (χ3n) is 9.69. The fourth-order valence-electron chi connectivity index (χ4n) is 7.43. The van der Waals surface area contributed by atoms with Gasteiger partial charge in [0, 0.05) is 22.2 Å². The van der Waals surface area contributed by atoms with E-state index in [1.54, 1.807) is 11.1 Å². The van der Waals surface area contributed by atoms with E-state index in [1.807, 2.05) is 0 Å². The van der Waals surface area contributed by atoms with Crippen LogP contribution in [-0.4, -0.2) is 46.1 Å². The van der Waals surface area contributed by atoms with E-state index in [4.69, 9.17) is 0 Å². The molecule has 0 spiro atoms. The van der Waals surface area contributed by atoms with Crippen molar-refractivity contribution in [2.24, 2.45) is 0 Å². The second-order valence-electron chi connectivity index (χ2n) is 13.8. The highest BCUT2D eigenvalue weighted by atomic mass is 15.2. The van der Waals surface area contributed by atoms with Crippen LogP contribution in [0.15, 0.2) is 48.5 Å². The molecule has 0 bridgehead atoms. The quantitative estimate of drug-likeness (QED) is 0.457. The van der Waals surface area contributed by atoms with Gasteiger partial charge in [0.1, 0.15) is 0 Å². The number of hydrogen-bond donors (Lipinski definition) is 0. The van der Waals surface area contributed by atoms with Gasteiger partial charge < -0.3 is 0 Å². The molecule has 0 aliphatic carbocycles. The third kappa shape index (κ3) is 4.49. The molecule has 0 N–H and O–H groups in total. The summed E-state index contributed by atoms with van der Waals surface area (Å²) in [6.45, 7) is 19.5. The average Bonchev–Trinajstić information content (AvgIpc) is 2.75. The molecule has 2 saturated heterocycles. The fraction of sp³-hybridized carbons (Fsp3) is 0.625. The summed E-state index contributed by atoms with van der Waals surface area (Å²) < 4.78 is 0. The maximum atomic E-state index is 2.61. The smallest absolute Gasteiger partial charge is 0.0161 e. The lowest BCUT2D eigenvalue weighted by atomic mass is 9.65. The SMILES string of the molecule is CN1C(C)(C)CC(c2cccc(-c3ccccc3)c2C2CC(C)(C)N(C)C(C)(C)C2)CC1(C)C. The lowest BCUT2D eigenvalue weighted by molar-refractivity contribution is -0.0171. The number of likely N-dealkylation sites (tertiary alicyclic amines) is 2. The van der Waals surface area contributed by atoms with Crippen LogP contribution in [0, 0.1) is 0 Å². The van der Waals surface area contributed by atoms with Gasteiger partial charge in [0.05, 0.1) is 0 Å². The minimum atomic E-state index is 0.165. The number of hydrogen-bond acceptors (Lipinski definition) is 2. The van der Waals surface area contributed by atoms with E-state index in [2.05, 4.69) is 128 Å². The summed E-state index contributed by atoms with van der Waals surface area (Å²) in [6, 6.07) is 18.3. The molecule has 2 aromatic carbocycles. The number of rotatable bonds is 3. The summed E-state index contributed by atoms with van der Waals surface area (Å²) in [4.78, 5) is 5.22. The van der Waals surface area contributed by atoms with Crippen molar-refractivity contribution in [1.29, 1.82) is 0 Å². The van der Waals surface area contributed by atoms with Crippen LogP contribution in [-0.2, 0) is 0 Å². The van der Waals surface area contributed by atoms with E-state index in [0.29, 0.717) is 11.8 Å². The van der Waals surface area contributed by atoms with Crippen molar-refractivity contribution in [2.75, 3.05) is 14.1 Å². The maximum Gasteiger partial charge on any atom is 0.0161 e. The second-order valence-corrected chi connectivity index (χ2v) is 13.8. The molecule has 0 unspecified atom stereocenters. The first-order valence-corrected chi connectivity index (χ1v) is 13.3. The van der Waals surface area contributed by atoms with Gasteiger partial charge >= 0.3 is 0 Å². The highest BCUT2D eigenvalue weighted by molar-refractivity contribution is 5.70. The van der Waals surface area contributed by atoms with Crippen LogP contribution < -0.4 is 0 Å². The lowest BCUT2D eigenvalue weighted by Crippen LogP contribution is -2.58. The Hall–Kier alpha value is -1.64. The Morgan fingerprint density at radius 2 is 1.00 bits per heavy atom. The van der Waals surface area contributed by atoms with Crippen molar-refractivity contribution in [3.8, 4) is 11.1 Å². The molecule has 2 fully saturated rings. The maximum absolute atomic E-state index is 2.61. The van der Waals surface area contributed by atoms with Gasteiger partial charge in [-0.2, -0.15) is 0 Å². The molecule has 34 heavy (non-hydrogen) atoms.